The Labute approximate surface area is 124 Å². The number of hydrogen-bond donors (Lipinski definition) is 3. The van der Waals surface area contributed by atoms with Gasteiger partial charge in [-0.2, -0.15) is 5.10 Å². The van der Waals surface area contributed by atoms with Crippen LogP contribution in [0.25, 0.3) is 0 Å². The molecule has 112 valence electrons. The summed E-state index contributed by atoms with van der Waals surface area (Å²) in [6.07, 6.45) is 0.679. The topological polar surface area (TPSA) is 82.7 Å². The van der Waals surface area contributed by atoms with Gasteiger partial charge in [0.25, 0.3) is 0 Å². The predicted octanol–water partition coefficient (Wildman–Crippen LogP) is 2.48. The molecule has 2 aromatic heterocycles. The molecule has 0 spiro atoms. The molecule has 6 heteroatoms. The Morgan fingerprint density at radius 1 is 1.29 bits per heavy atom. The van der Waals surface area contributed by atoms with Gasteiger partial charge in [0.15, 0.2) is 0 Å². The molecule has 2 aromatic rings. The number of pyridine rings is 1. The highest BCUT2D eigenvalue weighted by atomic mass is 16.2. The Morgan fingerprint density at radius 3 is 2.67 bits per heavy atom. The summed E-state index contributed by atoms with van der Waals surface area (Å²) < 4.78 is 0. The van der Waals surface area contributed by atoms with Gasteiger partial charge in [-0.15, -0.1) is 0 Å². The van der Waals surface area contributed by atoms with Crippen molar-refractivity contribution in [3.63, 3.8) is 0 Å². The molecule has 1 unspecified atom stereocenters. The molecule has 0 radical (unpaired) electrons. The molecule has 0 aliphatic rings. The van der Waals surface area contributed by atoms with Crippen molar-refractivity contribution in [2.24, 2.45) is 0 Å². The molecule has 2 heterocycles. The first-order valence-corrected chi connectivity index (χ1v) is 6.96. The first kappa shape index (κ1) is 15.0. The zero-order valence-electron chi connectivity index (χ0n) is 12.8. The van der Waals surface area contributed by atoms with Gasteiger partial charge < -0.3 is 5.32 Å². The Morgan fingerprint density at radius 2 is 2.05 bits per heavy atom. The quantitative estimate of drug-likeness (QED) is 0.808. The van der Waals surface area contributed by atoms with Gasteiger partial charge in [-0.25, -0.2) is 9.78 Å². The number of anilines is 1. The average molecular weight is 287 g/mol. The van der Waals surface area contributed by atoms with Gasteiger partial charge in [0.2, 0.25) is 0 Å². The first-order chi connectivity index (χ1) is 9.92. The molecule has 0 bridgehead atoms. The number of nitrogens with one attached hydrogen (secondary N) is 3. The highest BCUT2D eigenvalue weighted by Crippen LogP contribution is 2.09. The maximum Gasteiger partial charge on any atom is 0.320 e. The Bertz CT molecular complexity index is 614. The fourth-order valence-electron chi connectivity index (χ4n) is 2.23. The summed E-state index contributed by atoms with van der Waals surface area (Å²) in [5.74, 6) is 0.563. The number of nitrogens with zero attached hydrogens (tertiary/aromatic N) is 2. The second-order valence-electron chi connectivity index (χ2n) is 5.42. The van der Waals surface area contributed by atoms with Gasteiger partial charge in [-0.1, -0.05) is 0 Å². The van der Waals surface area contributed by atoms with E-state index in [4.69, 9.17) is 0 Å². The van der Waals surface area contributed by atoms with E-state index in [2.05, 4.69) is 25.8 Å². The Hall–Kier alpha value is -2.37. The molecule has 21 heavy (non-hydrogen) atoms. The summed E-state index contributed by atoms with van der Waals surface area (Å²) in [5.41, 5.74) is 3.90. The molecular weight excluding hydrogens is 266 g/mol. The summed E-state index contributed by atoms with van der Waals surface area (Å²) in [4.78, 5) is 16.2. The number of urea groups is 1. The van der Waals surface area contributed by atoms with Gasteiger partial charge in [0.05, 0.1) is 5.69 Å². The summed E-state index contributed by atoms with van der Waals surface area (Å²) in [6.45, 7) is 7.77. The summed E-state index contributed by atoms with van der Waals surface area (Å²) in [7, 11) is 0. The summed E-state index contributed by atoms with van der Waals surface area (Å²) in [5, 5.41) is 12.7. The van der Waals surface area contributed by atoms with Crippen LogP contribution in [-0.4, -0.2) is 27.3 Å². The maximum atomic E-state index is 12.0. The third-order valence-electron chi connectivity index (χ3n) is 2.99. The van der Waals surface area contributed by atoms with Gasteiger partial charge in [-0.05, 0) is 51.5 Å². The van der Waals surface area contributed by atoms with E-state index in [9.17, 15) is 4.79 Å². The van der Waals surface area contributed by atoms with E-state index in [-0.39, 0.29) is 12.1 Å². The minimum absolute atomic E-state index is 0.0152. The highest BCUT2D eigenvalue weighted by Gasteiger charge is 2.10. The van der Waals surface area contributed by atoms with Crippen LogP contribution in [0.4, 0.5) is 10.6 Å². The van der Waals surface area contributed by atoms with Crippen molar-refractivity contribution < 1.29 is 4.79 Å². The monoisotopic (exact) mass is 287 g/mol. The standard InChI is InChI=1S/C15H21N5O/c1-9-5-10(2)16-14(6-9)18-15(21)17-11(3)7-13-8-12(4)19-20-13/h5-6,8,11H,7H2,1-4H3,(H,19,20)(H2,16,17,18,21). The molecule has 1 atom stereocenters. The van der Waals surface area contributed by atoms with Crippen LogP contribution in [0.1, 0.15) is 29.6 Å². The number of aromatic amines is 1. The second-order valence-corrected chi connectivity index (χ2v) is 5.42. The maximum absolute atomic E-state index is 12.0. The predicted molar refractivity (Wildman–Crippen MR) is 82.4 cm³/mol. The first-order valence-electron chi connectivity index (χ1n) is 6.96. The lowest BCUT2D eigenvalue weighted by molar-refractivity contribution is 0.249. The molecule has 0 fully saturated rings. The number of hydrogen-bond acceptors (Lipinski definition) is 3. The molecule has 0 aliphatic carbocycles. The fourth-order valence-corrected chi connectivity index (χ4v) is 2.23. The van der Waals surface area contributed by atoms with Crippen molar-refractivity contribution in [1.82, 2.24) is 20.5 Å². The third-order valence-corrected chi connectivity index (χ3v) is 2.99. The van der Waals surface area contributed by atoms with Crippen LogP contribution in [0.3, 0.4) is 0 Å². The molecular formula is C15H21N5O. The molecule has 0 saturated heterocycles. The van der Waals surface area contributed by atoms with Crippen molar-refractivity contribution in [3.8, 4) is 0 Å². The fraction of sp³-hybridized carbons (Fsp3) is 0.400. The Kier molecular flexibility index (Phi) is 4.57. The summed E-state index contributed by atoms with van der Waals surface area (Å²) in [6, 6.07) is 5.51. The van der Waals surface area contributed by atoms with Gasteiger partial charge in [0.1, 0.15) is 5.82 Å². The number of H-pyrrole nitrogens is 1. The molecule has 3 N–H and O–H groups in total. The minimum atomic E-state index is -0.257. The van der Waals surface area contributed by atoms with Crippen molar-refractivity contribution in [3.05, 3.63) is 40.8 Å². The van der Waals surface area contributed by atoms with E-state index in [1.807, 2.05) is 45.9 Å². The van der Waals surface area contributed by atoms with Gasteiger partial charge in [0, 0.05) is 23.9 Å². The minimum Gasteiger partial charge on any atom is -0.335 e. The molecule has 2 rings (SSSR count). The number of aryl methyl sites for hydroxylation is 3. The lowest BCUT2D eigenvalue weighted by Crippen LogP contribution is -2.37. The smallest absolute Gasteiger partial charge is 0.320 e. The van der Waals surface area contributed by atoms with Crippen LogP contribution in [0.2, 0.25) is 0 Å². The SMILES string of the molecule is Cc1cc(C)nc(NC(=O)NC(C)Cc2cc(C)[nH]n2)c1. The van der Waals surface area contributed by atoms with Crippen molar-refractivity contribution >= 4 is 11.8 Å². The molecule has 2 amide bonds. The number of carbonyl (C=O) groups excluding carboxylic acids is 1. The highest BCUT2D eigenvalue weighted by molar-refractivity contribution is 5.88. The van der Waals surface area contributed by atoms with Crippen LogP contribution in [0, 0.1) is 20.8 Å². The second kappa shape index (κ2) is 6.39. The largest absolute Gasteiger partial charge is 0.335 e. The van der Waals surface area contributed by atoms with E-state index in [0.29, 0.717) is 12.2 Å². The van der Waals surface area contributed by atoms with Crippen LogP contribution in [0.5, 0.6) is 0 Å². The number of amides is 2. The van der Waals surface area contributed by atoms with Crippen molar-refractivity contribution in [2.45, 2.75) is 40.2 Å². The third kappa shape index (κ3) is 4.59. The molecule has 0 saturated carbocycles. The lowest BCUT2D eigenvalue weighted by atomic mass is 10.2. The summed E-state index contributed by atoms with van der Waals surface area (Å²) >= 11 is 0. The molecule has 6 nitrogen and oxygen atoms in total. The molecule has 0 aromatic carbocycles. The van der Waals surface area contributed by atoms with Crippen LogP contribution < -0.4 is 10.6 Å². The van der Waals surface area contributed by atoms with Crippen LogP contribution in [0.15, 0.2) is 18.2 Å². The van der Waals surface area contributed by atoms with E-state index >= 15 is 0 Å². The number of aromatic nitrogens is 3. The zero-order valence-corrected chi connectivity index (χ0v) is 12.8. The van der Waals surface area contributed by atoms with Crippen molar-refractivity contribution in [2.75, 3.05) is 5.32 Å². The number of carbonyl (C=O) groups is 1. The van der Waals surface area contributed by atoms with Crippen molar-refractivity contribution in [1.29, 1.82) is 0 Å². The average Bonchev–Trinajstić information content (AvgIpc) is 2.72. The van der Waals surface area contributed by atoms with E-state index < -0.39 is 0 Å². The van der Waals surface area contributed by atoms with Crippen LogP contribution >= 0.6 is 0 Å². The van der Waals surface area contributed by atoms with Gasteiger partial charge >= 0.3 is 6.03 Å². The van der Waals surface area contributed by atoms with Gasteiger partial charge in [-0.3, -0.25) is 10.4 Å². The number of rotatable bonds is 4. The van der Waals surface area contributed by atoms with E-state index in [1.54, 1.807) is 0 Å². The lowest BCUT2D eigenvalue weighted by Gasteiger charge is -2.13. The zero-order chi connectivity index (χ0) is 15.4. The van der Waals surface area contributed by atoms with E-state index in [1.165, 1.54) is 0 Å². The Balaban J connectivity index is 1.88. The molecule has 0 aliphatic heterocycles. The van der Waals surface area contributed by atoms with E-state index in [0.717, 1.165) is 22.6 Å². The van der Waals surface area contributed by atoms with Crippen LogP contribution in [-0.2, 0) is 6.42 Å². The normalized spacial score (nSPS) is 12.0.